The van der Waals surface area contributed by atoms with Crippen molar-refractivity contribution in [2.45, 2.75) is 44.2 Å². The van der Waals surface area contributed by atoms with Gasteiger partial charge >= 0.3 is 0 Å². The molecule has 0 radical (unpaired) electrons. The van der Waals surface area contributed by atoms with Gasteiger partial charge in [-0.3, -0.25) is 9.78 Å². The van der Waals surface area contributed by atoms with Gasteiger partial charge in [0.05, 0.1) is 12.5 Å². The number of nitrogens with one attached hydrogen (secondary N) is 1. The number of nitrogens with zero attached hydrogens (tertiary/aromatic N) is 1. The largest absolute Gasteiger partial charge is 0.393 e. The van der Waals surface area contributed by atoms with Gasteiger partial charge in [-0.2, -0.15) is 0 Å². The molecule has 1 aliphatic rings. The van der Waals surface area contributed by atoms with Crippen molar-refractivity contribution < 1.29 is 9.90 Å². The Morgan fingerprint density at radius 1 is 1.41 bits per heavy atom. The van der Waals surface area contributed by atoms with E-state index in [1.165, 1.54) is 0 Å². The van der Waals surface area contributed by atoms with Crippen LogP contribution in [0.25, 0.3) is 0 Å². The molecule has 1 saturated carbocycles. The molecule has 1 heterocycles. The second-order valence-electron chi connectivity index (χ2n) is 4.61. The third-order valence-corrected chi connectivity index (χ3v) is 3.15. The quantitative estimate of drug-likeness (QED) is 0.821. The fourth-order valence-electron chi connectivity index (χ4n) is 2.19. The molecule has 0 spiro atoms. The third kappa shape index (κ3) is 3.82. The number of aliphatic hydroxyl groups excluding tert-OH is 1. The summed E-state index contributed by atoms with van der Waals surface area (Å²) in [6, 6.07) is 3.96. The standard InChI is InChI=1S/C13H18N2O2/c16-12-5-3-11(4-6-12)15-13(17)8-10-2-1-7-14-9-10/h1-2,7,9,11-12,16H,3-6,8H2,(H,15,17). The van der Waals surface area contributed by atoms with Crippen LogP contribution in [0.2, 0.25) is 0 Å². The van der Waals surface area contributed by atoms with Crippen molar-refractivity contribution in [1.82, 2.24) is 10.3 Å². The van der Waals surface area contributed by atoms with E-state index in [2.05, 4.69) is 10.3 Å². The minimum Gasteiger partial charge on any atom is -0.393 e. The molecular formula is C13H18N2O2. The van der Waals surface area contributed by atoms with Gasteiger partial charge < -0.3 is 10.4 Å². The molecule has 2 rings (SSSR count). The number of pyridine rings is 1. The number of hydrogen-bond donors (Lipinski definition) is 2. The molecule has 0 atom stereocenters. The highest BCUT2D eigenvalue weighted by Crippen LogP contribution is 2.18. The van der Waals surface area contributed by atoms with E-state index in [9.17, 15) is 9.90 Å². The molecule has 1 fully saturated rings. The second kappa shape index (κ2) is 5.77. The number of amides is 1. The van der Waals surface area contributed by atoms with Crippen LogP contribution in [0.4, 0.5) is 0 Å². The van der Waals surface area contributed by atoms with Gasteiger partial charge in [0, 0.05) is 18.4 Å². The lowest BCUT2D eigenvalue weighted by Crippen LogP contribution is -2.39. The summed E-state index contributed by atoms with van der Waals surface area (Å²) in [4.78, 5) is 15.7. The molecular weight excluding hydrogens is 216 g/mol. The normalized spacial score (nSPS) is 24.3. The lowest BCUT2D eigenvalue weighted by atomic mass is 9.93. The summed E-state index contributed by atoms with van der Waals surface area (Å²) in [6.45, 7) is 0. The van der Waals surface area contributed by atoms with Crippen molar-refractivity contribution in [3.63, 3.8) is 0 Å². The highest BCUT2D eigenvalue weighted by molar-refractivity contribution is 5.78. The monoisotopic (exact) mass is 234 g/mol. The molecule has 4 nitrogen and oxygen atoms in total. The van der Waals surface area contributed by atoms with Gasteiger partial charge in [-0.25, -0.2) is 0 Å². The average molecular weight is 234 g/mol. The number of carbonyl (C=O) groups is 1. The Balaban J connectivity index is 1.78. The minimum atomic E-state index is -0.179. The first-order valence-corrected chi connectivity index (χ1v) is 6.10. The van der Waals surface area contributed by atoms with Gasteiger partial charge in [-0.15, -0.1) is 0 Å². The lowest BCUT2D eigenvalue weighted by molar-refractivity contribution is -0.121. The Labute approximate surface area is 101 Å². The number of aliphatic hydroxyl groups is 1. The van der Waals surface area contributed by atoms with Crippen LogP contribution in [0.5, 0.6) is 0 Å². The summed E-state index contributed by atoms with van der Waals surface area (Å²) in [6.07, 6.45) is 6.94. The maximum atomic E-state index is 11.8. The number of aromatic nitrogens is 1. The van der Waals surface area contributed by atoms with E-state index >= 15 is 0 Å². The number of carbonyl (C=O) groups excluding carboxylic acids is 1. The summed E-state index contributed by atoms with van der Waals surface area (Å²) in [5.41, 5.74) is 0.931. The van der Waals surface area contributed by atoms with Crippen LogP contribution in [0.15, 0.2) is 24.5 Å². The highest BCUT2D eigenvalue weighted by Gasteiger charge is 2.20. The second-order valence-corrected chi connectivity index (χ2v) is 4.61. The molecule has 0 bridgehead atoms. The lowest BCUT2D eigenvalue weighted by Gasteiger charge is -2.26. The summed E-state index contributed by atoms with van der Waals surface area (Å²) >= 11 is 0. The Morgan fingerprint density at radius 2 is 2.18 bits per heavy atom. The van der Waals surface area contributed by atoms with Crippen LogP contribution >= 0.6 is 0 Å². The molecule has 1 aromatic heterocycles. The molecule has 1 amide bonds. The fraction of sp³-hybridized carbons (Fsp3) is 0.538. The van der Waals surface area contributed by atoms with Crippen molar-refractivity contribution >= 4 is 5.91 Å². The summed E-state index contributed by atoms with van der Waals surface area (Å²) < 4.78 is 0. The zero-order valence-electron chi connectivity index (χ0n) is 9.80. The first kappa shape index (κ1) is 12.0. The first-order valence-electron chi connectivity index (χ1n) is 6.10. The van der Waals surface area contributed by atoms with E-state index in [1.807, 2.05) is 12.1 Å². The number of hydrogen-bond acceptors (Lipinski definition) is 3. The molecule has 2 N–H and O–H groups in total. The van der Waals surface area contributed by atoms with Gasteiger partial charge in [0.15, 0.2) is 0 Å². The topological polar surface area (TPSA) is 62.2 Å². The molecule has 0 saturated heterocycles. The van der Waals surface area contributed by atoms with Crippen LogP contribution in [0.3, 0.4) is 0 Å². The molecule has 1 aromatic rings. The predicted octanol–water partition coefficient (Wildman–Crippen LogP) is 1.04. The molecule has 0 unspecified atom stereocenters. The predicted molar refractivity (Wildman–Crippen MR) is 64.3 cm³/mol. The molecule has 17 heavy (non-hydrogen) atoms. The maximum Gasteiger partial charge on any atom is 0.224 e. The van der Waals surface area contributed by atoms with Crippen LogP contribution < -0.4 is 5.32 Å². The maximum absolute atomic E-state index is 11.8. The Morgan fingerprint density at radius 3 is 2.82 bits per heavy atom. The summed E-state index contributed by atoms with van der Waals surface area (Å²) in [5, 5.41) is 12.4. The van der Waals surface area contributed by atoms with Crippen LogP contribution in [0, 0.1) is 0 Å². The molecule has 0 aliphatic heterocycles. The van der Waals surface area contributed by atoms with E-state index in [0.29, 0.717) is 6.42 Å². The number of rotatable bonds is 3. The van der Waals surface area contributed by atoms with Crippen LogP contribution in [0.1, 0.15) is 31.2 Å². The SMILES string of the molecule is O=C(Cc1cccnc1)NC1CCC(O)CC1. The van der Waals surface area contributed by atoms with Crippen LogP contribution in [-0.2, 0) is 11.2 Å². The zero-order chi connectivity index (χ0) is 12.1. The average Bonchev–Trinajstić information content (AvgIpc) is 2.33. The Kier molecular flexibility index (Phi) is 4.09. The highest BCUT2D eigenvalue weighted by atomic mass is 16.3. The van der Waals surface area contributed by atoms with Gasteiger partial charge in [-0.05, 0) is 37.3 Å². The van der Waals surface area contributed by atoms with Gasteiger partial charge in [0.2, 0.25) is 5.91 Å². The summed E-state index contributed by atoms with van der Waals surface area (Å²) in [5.74, 6) is 0.0411. The van der Waals surface area contributed by atoms with Gasteiger partial charge in [0.25, 0.3) is 0 Å². The molecule has 1 aliphatic carbocycles. The van der Waals surface area contributed by atoms with Crippen molar-refractivity contribution in [3.05, 3.63) is 30.1 Å². The van der Waals surface area contributed by atoms with Crippen molar-refractivity contribution in [3.8, 4) is 0 Å². The van der Waals surface area contributed by atoms with Gasteiger partial charge in [-0.1, -0.05) is 6.07 Å². The van der Waals surface area contributed by atoms with E-state index in [4.69, 9.17) is 0 Å². The van der Waals surface area contributed by atoms with E-state index in [0.717, 1.165) is 31.2 Å². The Bertz CT molecular complexity index is 359. The Hall–Kier alpha value is -1.42. The van der Waals surface area contributed by atoms with Crippen molar-refractivity contribution in [2.24, 2.45) is 0 Å². The molecule has 92 valence electrons. The fourth-order valence-corrected chi connectivity index (χ4v) is 2.19. The van der Waals surface area contributed by atoms with E-state index in [-0.39, 0.29) is 18.1 Å². The van der Waals surface area contributed by atoms with Crippen molar-refractivity contribution in [1.29, 1.82) is 0 Å². The van der Waals surface area contributed by atoms with E-state index < -0.39 is 0 Å². The van der Waals surface area contributed by atoms with Crippen LogP contribution in [-0.4, -0.2) is 28.1 Å². The summed E-state index contributed by atoms with van der Waals surface area (Å²) in [7, 11) is 0. The van der Waals surface area contributed by atoms with Gasteiger partial charge in [0.1, 0.15) is 0 Å². The molecule has 0 aromatic carbocycles. The van der Waals surface area contributed by atoms with Crippen molar-refractivity contribution in [2.75, 3.05) is 0 Å². The first-order chi connectivity index (χ1) is 8.24. The molecule has 4 heteroatoms. The smallest absolute Gasteiger partial charge is 0.224 e. The zero-order valence-corrected chi connectivity index (χ0v) is 9.80. The van der Waals surface area contributed by atoms with E-state index in [1.54, 1.807) is 12.4 Å². The third-order valence-electron chi connectivity index (χ3n) is 3.15. The minimum absolute atomic E-state index is 0.0411.